The Morgan fingerprint density at radius 2 is 1.48 bits per heavy atom. The van der Waals surface area contributed by atoms with Gasteiger partial charge in [-0.1, -0.05) is 38.5 Å². The molecular formula is C20H35N5. The average Bonchev–Trinajstić information content (AvgIpc) is 2.70. The Bertz CT molecular complexity index is 456. The Hall–Kier alpha value is -1.58. The van der Waals surface area contributed by atoms with Gasteiger partial charge in [0.2, 0.25) is 0 Å². The molecule has 0 aromatic heterocycles. The number of hydrazine groups is 1. The number of hydrogen-bond acceptors (Lipinski definition) is 5. The van der Waals surface area contributed by atoms with Crippen molar-refractivity contribution in [1.82, 2.24) is 15.8 Å². The fourth-order valence-corrected chi connectivity index (χ4v) is 3.46. The first kappa shape index (κ1) is 19.7. The standard InChI is InChI=1S/C13H22N2.C7H13N3/c1-3-7-12(8-4-1)14-11-15-13-9-5-2-6-10-13;1-8-7-3-5-10(9-2)6-4-7/h12-13H,1-10H2;3-5,8-9H,6H2,1-2H3. The van der Waals surface area contributed by atoms with Gasteiger partial charge in [0.15, 0.2) is 0 Å². The second kappa shape index (κ2) is 11.9. The molecule has 1 aliphatic heterocycles. The molecule has 2 saturated carbocycles. The van der Waals surface area contributed by atoms with Gasteiger partial charge >= 0.3 is 0 Å². The van der Waals surface area contributed by atoms with Crippen LogP contribution >= 0.6 is 0 Å². The third-order valence-electron chi connectivity index (χ3n) is 5.15. The van der Waals surface area contributed by atoms with Crippen molar-refractivity contribution in [1.29, 1.82) is 0 Å². The summed E-state index contributed by atoms with van der Waals surface area (Å²) in [5, 5.41) is 5.07. The molecule has 2 fully saturated rings. The fourth-order valence-electron chi connectivity index (χ4n) is 3.46. The van der Waals surface area contributed by atoms with Gasteiger partial charge in [-0.25, -0.2) is 15.4 Å². The maximum absolute atomic E-state index is 4.46. The van der Waals surface area contributed by atoms with E-state index in [0.29, 0.717) is 12.1 Å². The SMILES string of the molecule is C(=NC1CCCCC1)=NC1CCCCC1.CNC1=CCN(NC)C=C1. The van der Waals surface area contributed by atoms with Crippen LogP contribution in [0.15, 0.2) is 34.0 Å². The van der Waals surface area contributed by atoms with Gasteiger partial charge in [-0.2, -0.15) is 0 Å². The van der Waals surface area contributed by atoms with Crippen molar-refractivity contribution in [3.8, 4) is 0 Å². The summed E-state index contributed by atoms with van der Waals surface area (Å²) in [6.45, 7) is 0.920. The molecule has 0 aromatic carbocycles. The van der Waals surface area contributed by atoms with Crippen LogP contribution in [0.1, 0.15) is 64.2 Å². The smallest absolute Gasteiger partial charge is 0.0898 e. The van der Waals surface area contributed by atoms with Crippen molar-refractivity contribution >= 4 is 6.01 Å². The molecule has 5 nitrogen and oxygen atoms in total. The molecule has 0 atom stereocenters. The Kier molecular flexibility index (Phi) is 9.38. The molecule has 5 heteroatoms. The Balaban J connectivity index is 0.000000196. The molecule has 2 aliphatic carbocycles. The summed E-state index contributed by atoms with van der Waals surface area (Å²) in [6, 6.07) is 4.04. The van der Waals surface area contributed by atoms with E-state index in [-0.39, 0.29) is 0 Å². The maximum Gasteiger partial charge on any atom is 0.0898 e. The van der Waals surface area contributed by atoms with Crippen molar-refractivity contribution in [2.24, 2.45) is 9.98 Å². The van der Waals surface area contributed by atoms with Crippen LogP contribution in [-0.2, 0) is 0 Å². The van der Waals surface area contributed by atoms with Crippen LogP contribution in [0.4, 0.5) is 0 Å². The summed E-state index contributed by atoms with van der Waals surface area (Å²) < 4.78 is 0. The average molecular weight is 346 g/mol. The van der Waals surface area contributed by atoms with E-state index >= 15 is 0 Å². The normalized spacial score (nSPS) is 21.5. The number of likely N-dealkylation sites (N-methyl/N-ethyl adjacent to an activating group) is 1. The minimum absolute atomic E-state index is 0.533. The highest BCUT2D eigenvalue weighted by Gasteiger charge is 2.12. The lowest BCUT2D eigenvalue weighted by molar-refractivity contribution is 0.325. The fraction of sp³-hybridized carbons (Fsp3) is 0.750. The van der Waals surface area contributed by atoms with E-state index in [9.17, 15) is 0 Å². The van der Waals surface area contributed by atoms with Gasteiger partial charge in [-0.15, -0.1) is 0 Å². The highest BCUT2D eigenvalue weighted by atomic mass is 15.5. The van der Waals surface area contributed by atoms with Crippen molar-refractivity contribution in [2.45, 2.75) is 76.3 Å². The summed E-state index contributed by atoms with van der Waals surface area (Å²) in [5.74, 6) is 0. The largest absolute Gasteiger partial charge is 0.388 e. The molecule has 0 amide bonds. The third-order valence-corrected chi connectivity index (χ3v) is 5.15. The lowest BCUT2D eigenvalue weighted by atomic mass is 9.96. The molecule has 140 valence electrons. The predicted molar refractivity (Wildman–Crippen MR) is 106 cm³/mol. The molecular weight excluding hydrogens is 310 g/mol. The number of nitrogens with one attached hydrogen (secondary N) is 2. The van der Waals surface area contributed by atoms with Gasteiger partial charge < -0.3 is 10.3 Å². The predicted octanol–water partition coefficient (Wildman–Crippen LogP) is 3.88. The molecule has 0 spiro atoms. The zero-order chi connectivity index (χ0) is 17.7. The van der Waals surface area contributed by atoms with Crippen LogP contribution in [0.3, 0.4) is 0 Å². The number of rotatable bonds is 4. The third kappa shape index (κ3) is 7.89. The lowest BCUT2D eigenvalue weighted by Gasteiger charge is -2.20. The zero-order valence-corrected chi connectivity index (χ0v) is 16.0. The minimum Gasteiger partial charge on any atom is -0.388 e. The summed E-state index contributed by atoms with van der Waals surface area (Å²) in [5.41, 5.74) is 4.20. The first-order chi connectivity index (χ1) is 12.3. The Morgan fingerprint density at radius 1 is 0.920 bits per heavy atom. The molecule has 0 aromatic rings. The molecule has 2 N–H and O–H groups in total. The van der Waals surface area contributed by atoms with E-state index in [1.54, 1.807) is 0 Å². The van der Waals surface area contributed by atoms with E-state index in [1.165, 1.54) is 69.9 Å². The van der Waals surface area contributed by atoms with Crippen LogP contribution < -0.4 is 10.7 Å². The summed E-state index contributed by atoms with van der Waals surface area (Å²) >= 11 is 0. The monoisotopic (exact) mass is 345 g/mol. The summed E-state index contributed by atoms with van der Waals surface area (Å²) in [7, 11) is 3.83. The highest BCUT2D eigenvalue weighted by molar-refractivity contribution is 5.42. The maximum atomic E-state index is 4.46. The Labute approximate surface area is 153 Å². The summed E-state index contributed by atoms with van der Waals surface area (Å²) in [6.07, 6.45) is 19.4. The van der Waals surface area contributed by atoms with Gasteiger partial charge in [0, 0.05) is 26.0 Å². The van der Waals surface area contributed by atoms with Crippen molar-refractivity contribution in [3.05, 3.63) is 24.0 Å². The molecule has 0 saturated heterocycles. The van der Waals surface area contributed by atoms with Gasteiger partial charge in [-0.3, -0.25) is 0 Å². The van der Waals surface area contributed by atoms with E-state index in [0.717, 1.165) is 6.54 Å². The lowest BCUT2D eigenvalue weighted by Crippen LogP contribution is -2.32. The number of allylic oxidation sites excluding steroid dienone is 1. The van der Waals surface area contributed by atoms with Gasteiger partial charge in [0.1, 0.15) is 0 Å². The van der Waals surface area contributed by atoms with Crippen LogP contribution in [0.5, 0.6) is 0 Å². The quantitative estimate of drug-likeness (QED) is 0.760. The molecule has 3 aliphatic rings. The molecule has 0 bridgehead atoms. The second-order valence-corrected chi connectivity index (χ2v) is 7.04. The van der Waals surface area contributed by atoms with Crippen LogP contribution in [-0.4, -0.2) is 43.7 Å². The van der Waals surface area contributed by atoms with Crippen molar-refractivity contribution in [2.75, 3.05) is 20.6 Å². The van der Waals surface area contributed by atoms with E-state index in [1.807, 2.05) is 31.4 Å². The number of aliphatic imine (C=N–C) groups is 2. The van der Waals surface area contributed by atoms with Crippen LogP contribution in [0, 0.1) is 0 Å². The van der Waals surface area contributed by atoms with Gasteiger partial charge in [0.05, 0.1) is 24.6 Å². The zero-order valence-electron chi connectivity index (χ0n) is 16.0. The van der Waals surface area contributed by atoms with Crippen LogP contribution in [0.25, 0.3) is 0 Å². The van der Waals surface area contributed by atoms with E-state index < -0.39 is 0 Å². The summed E-state index contributed by atoms with van der Waals surface area (Å²) in [4.78, 5) is 8.92. The first-order valence-electron chi connectivity index (χ1n) is 9.96. The van der Waals surface area contributed by atoms with Crippen molar-refractivity contribution < 1.29 is 0 Å². The van der Waals surface area contributed by atoms with E-state index in [2.05, 4.69) is 32.8 Å². The topological polar surface area (TPSA) is 52.0 Å². The molecule has 0 radical (unpaired) electrons. The molecule has 25 heavy (non-hydrogen) atoms. The minimum atomic E-state index is 0.533. The first-order valence-corrected chi connectivity index (χ1v) is 9.96. The second-order valence-electron chi connectivity index (χ2n) is 7.04. The number of nitrogens with zero attached hydrogens (tertiary/aromatic N) is 3. The highest BCUT2D eigenvalue weighted by Crippen LogP contribution is 2.21. The molecule has 0 unspecified atom stereocenters. The Morgan fingerprint density at radius 3 is 1.88 bits per heavy atom. The van der Waals surface area contributed by atoms with E-state index in [4.69, 9.17) is 0 Å². The molecule has 1 heterocycles. The number of hydrogen-bond donors (Lipinski definition) is 2. The van der Waals surface area contributed by atoms with Crippen LogP contribution in [0.2, 0.25) is 0 Å². The van der Waals surface area contributed by atoms with Crippen molar-refractivity contribution in [3.63, 3.8) is 0 Å². The van der Waals surface area contributed by atoms with Gasteiger partial charge in [-0.05, 0) is 37.8 Å². The molecule has 3 rings (SSSR count). The van der Waals surface area contributed by atoms with Gasteiger partial charge in [0.25, 0.3) is 0 Å².